The van der Waals surface area contributed by atoms with Gasteiger partial charge in [-0.15, -0.1) is 0 Å². The number of hydrogen-bond donors (Lipinski definition) is 1. The molecule has 104 valence electrons. The lowest BCUT2D eigenvalue weighted by Gasteiger charge is -2.39. The van der Waals surface area contributed by atoms with Crippen LogP contribution in [0.15, 0.2) is 48.5 Å². The van der Waals surface area contributed by atoms with E-state index in [4.69, 9.17) is 0 Å². The predicted molar refractivity (Wildman–Crippen MR) is 83.2 cm³/mol. The standard InChI is InChI=1S/C19H22O/c1-15-14-17(10-11-18(15)20)19(12-6-3-7-13-19)16-8-4-2-5-9-16/h2,4-5,8-11,14,20H,3,6-7,12-13H2,1H3. The Hall–Kier alpha value is -1.76. The quantitative estimate of drug-likeness (QED) is 0.815. The smallest absolute Gasteiger partial charge is 0.118 e. The number of hydrogen-bond acceptors (Lipinski definition) is 1. The van der Waals surface area contributed by atoms with Crippen LogP contribution in [0.1, 0.15) is 48.8 Å². The van der Waals surface area contributed by atoms with Crippen LogP contribution >= 0.6 is 0 Å². The minimum atomic E-state index is 0.137. The van der Waals surface area contributed by atoms with Crippen LogP contribution in [-0.4, -0.2) is 5.11 Å². The number of aryl methyl sites for hydroxylation is 1. The molecule has 3 rings (SSSR count). The Labute approximate surface area is 121 Å². The third kappa shape index (κ3) is 2.22. The van der Waals surface area contributed by atoms with Crippen LogP contribution in [0.2, 0.25) is 0 Å². The second-order valence-corrected chi connectivity index (χ2v) is 6.01. The average Bonchev–Trinajstić information content (AvgIpc) is 2.51. The largest absolute Gasteiger partial charge is 0.508 e. The van der Waals surface area contributed by atoms with Crippen molar-refractivity contribution in [1.82, 2.24) is 0 Å². The van der Waals surface area contributed by atoms with Crippen LogP contribution in [0, 0.1) is 6.92 Å². The van der Waals surface area contributed by atoms with Gasteiger partial charge in [-0.25, -0.2) is 0 Å². The fraction of sp³-hybridized carbons (Fsp3) is 0.368. The minimum Gasteiger partial charge on any atom is -0.508 e. The van der Waals surface area contributed by atoms with Crippen molar-refractivity contribution in [1.29, 1.82) is 0 Å². The van der Waals surface area contributed by atoms with E-state index in [0.29, 0.717) is 5.75 Å². The molecule has 0 amide bonds. The summed E-state index contributed by atoms with van der Waals surface area (Å²) in [7, 11) is 0. The van der Waals surface area contributed by atoms with Gasteiger partial charge in [-0.3, -0.25) is 0 Å². The second-order valence-electron chi connectivity index (χ2n) is 6.01. The molecule has 1 nitrogen and oxygen atoms in total. The SMILES string of the molecule is Cc1cc(C2(c3ccccc3)CCCCC2)ccc1O. The van der Waals surface area contributed by atoms with Gasteiger partial charge in [0.15, 0.2) is 0 Å². The Morgan fingerprint density at radius 2 is 1.55 bits per heavy atom. The van der Waals surface area contributed by atoms with Crippen molar-refractivity contribution in [3.63, 3.8) is 0 Å². The van der Waals surface area contributed by atoms with Crippen LogP contribution in [-0.2, 0) is 5.41 Å². The van der Waals surface area contributed by atoms with Crippen LogP contribution in [0.25, 0.3) is 0 Å². The monoisotopic (exact) mass is 266 g/mol. The first-order chi connectivity index (χ1) is 9.72. The maximum atomic E-state index is 9.80. The van der Waals surface area contributed by atoms with Crippen molar-refractivity contribution in [2.24, 2.45) is 0 Å². The van der Waals surface area contributed by atoms with Gasteiger partial charge in [0.2, 0.25) is 0 Å². The molecule has 0 spiro atoms. The third-order valence-electron chi connectivity index (χ3n) is 4.78. The van der Waals surface area contributed by atoms with E-state index in [9.17, 15) is 5.11 Å². The zero-order valence-corrected chi connectivity index (χ0v) is 12.1. The van der Waals surface area contributed by atoms with Gasteiger partial charge in [0.05, 0.1) is 0 Å². The molecular formula is C19H22O. The zero-order chi connectivity index (χ0) is 14.0. The zero-order valence-electron chi connectivity index (χ0n) is 12.1. The van der Waals surface area contributed by atoms with Gasteiger partial charge >= 0.3 is 0 Å². The Morgan fingerprint density at radius 1 is 0.850 bits per heavy atom. The van der Waals surface area contributed by atoms with E-state index in [1.807, 2.05) is 13.0 Å². The first-order valence-electron chi connectivity index (χ1n) is 7.58. The Bertz CT molecular complexity index is 580. The molecule has 1 aliphatic carbocycles. The summed E-state index contributed by atoms with van der Waals surface area (Å²) in [4.78, 5) is 0. The van der Waals surface area contributed by atoms with E-state index in [-0.39, 0.29) is 5.41 Å². The predicted octanol–water partition coefficient (Wildman–Crippen LogP) is 4.95. The van der Waals surface area contributed by atoms with Crippen LogP contribution in [0.4, 0.5) is 0 Å². The van der Waals surface area contributed by atoms with E-state index in [2.05, 4.69) is 42.5 Å². The highest BCUT2D eigenvalue weighted by molar-refractivity contribution is 5.44. The first kappa shape index (κ1) is 13.2. The number of rotatable bonds is 2. The van der Waals surface area contributed by atoms with Crippen molar-refractivity contribution in [2.45, 2.75) is 44.4 Å². The molecular weight excluding hydrogens is 244 g/mol. The fourth-order valence-corrected chi connectivity index (χ4v) is 3.61. The number of benzene rings is 2. The molecule has 0 aliphatic heterocycles. The van der Waals surface area contributed by atoms with Crippen LogP contribution in [0.3, 0.4) is 0 Å². The summed E-state index contributed by atoms with van der Waals surface area (Å²) in [6, 6.07) is 17.0. The number of phenolic OH excluding ortho intramolecular Hbond substituents is 1. The summed E-state index contributed by atoms with van der Waals surface area (Å²) in [6.07, 6.45) is 6.33. The first-order valence-corrected chi connectivity index (χ1v) is 7.58. The minimum absolute atomic E-state index is 0.137. The lowest BCUT2D eigenvalue weighted by Crippen LogP contribution is -2.30. The average molecular weight is 266 g/mol. The van der Waals surface area contributed by atoms with E-state index >= 15 is 0 Å². The molecule has 0 unspecified atom stereocenters. The molecule has 1 saturated carbocycles. The maximum Gasteiger partial charge on any atom is 0.118 e. The second kappa shape index (κ2) is 5.32. The third-order valence-corrected chi connectivity index (χ3v) is 4.78. The van der Waals surface area contributed by atoms with Gasteiger partial charge in [0.25, 0.3) is 0 Å². The normalized spacial score (nSPS) is 17.9. The molecule has 1 fully saturated rings. The van der Waals surface area contributed by atoms with Gasteiger partial charge in [-0.05, 0) is 42.5 Å². The van der Waals surface area contributed by atoms with E-state index in [1.54, 1.807) is 0 Å². The van der Waals surface area contributed by atoms with Crippen LogP contribution in [0.5, 0.6) is 5.75 Å². The fourth-order valence-electron chi connectivity index (χ4n) is 3.61. The van der Waals surface area contributed by atoms with E-state index < -0.39 is 0 Å². The Kier molecular flexibility index (Phi) is 3.52. The van der Waals surface area contributed by atoms with Gasteiger partial charge < -0.3 is 5.11 Å². The van der Waals surface area contributed by atoms with Gasteiger partial charge in [0, 0.05) is 5.41 Å². The molecule has 0 heterocycles. The Balaban J connectivity index is 2.12. The molecule has 0 atom stereocenters. The maximum absolute atomic E-state index is 9.80. The summed E-state index contributed by atoms with van der Waals surface area (Å²) >= 11 is 0. The van der Waals surface area contributed by atoms with Crippen molar-refractivity contribution < 1.29 is 5.11 Å². The Morgan fingerprint density at radius 3 is 2.20 bits per heavy atom. The molecule has 1 heteroatoms. The van der Waals surface area contributed by atoms with Gasteiger partial charge in [-0.2, -0.15) is 0 Å². The van der Waals surface area contributed by atoms with Gasteiger partial charge in [-0.1, -0.05) is 61.7 Å². The topological polar surface area (TPSA) is 20.2 Å². The van der Waals surface area contributed by atoms with Gasteiger partial charge in [0.1, 0.15) is 5.75 Å². The highest BCUT2D eigenvalue weighted by Crippen LogP contribution is 2.45. The lowest BCUT2D eigenvalue weighted by atomic mass is 9.65. The molecule has 20 heavy (non-hydrogen) atoms. The summed E-state index contributed by atoms with van der Waals surface area (Å²) in [5, 5.41) is 9.80. The van der Waals surface area contributed by atoms with Crippen molar-refractivity contribution >= 4 is 0 Å². The molecule has 1 aliphatic rings. The molecule has 0 aromatic heterocycles. The molecule has 0 saturated heterocycles. The van der Waals surface area contributed by atoms with E-state index in [0.717, 1.165) is 5.56 Å². The van der Waals surface area contributed by atoms with E-state index in [1.165, 1.54) is 43.2 Å². The number of aromatic hydroxyl groups is 1. The van der Waals surface area contributed by atoms with Crippen molar-refractivity contribution in [3.8, 4) is 5.75 Å². The summed E-state index contributed by atoms with van der Waals surface area (Å²) in [6.45, 7) is 1.99. The molecule has 0 bridgehead atoms. The lowest BCUT2D eigenvalue weighted by molar-refractivity contribution is 0.345. The molecule has 1 N–H and O–H groups in total. The summed E-state index contributed by atoms with van der Waals surface area (Å²) in [5.41, 5.74) is 3.89. The highest BCUT2D eigenvalue weighted by atomic mass is 16.3. The van der Waals surface area contributed by atoms with Crippen molar-refractivity contribution in [3.05, 3.63) is 65.2 Å². The highest BCUT2D eigenvalue weighted by Gasteiger charge is 2.35. The van der Waals surface area contributed by atoms with Crippen molar-refractivity contribution in [2.75, 3.05) is 0 Å². The summed E-state index contributed by atoms with van der Waals surface area (Å²) in [5.74, 6) is 0.396. The number of phenols is 1. The van der Waals surface area contributed by atoms with Crippen LogP contribution < -0.4 is 0 Å². The molecule has 2 aromatic carbocycles. The summed E-state index contributed by atoms with van der Waals surface area (Å²) < 4.78 is 0. The molecule has 2 aromatic rings. The molecule has 0 radical (unpaired) electrons.